The van der Waals surface area contributed by atoms with Crippen LogP contribution in [0.2, 0.25) is 0 Å². The predicted molar refractivity (Wildman–Crippen MR) is 126 cm³/mol. The minimum Gasteiger partial charge on any atom is -0.487 e. The van der Waals surface area contributed by atoms with Crippen molar-refractivity contribution >= 4 is 5.95 Å². The minimum absolute atomic E-state index is 0.125. The summed E-state index contributed by atoms with van der Waals surface area (Å²) in [4.78, 5) is 22.1. The van der Waals surface area contributed by atoms with Crippen LogP contribution in [0, 0.1) is 0 Å². The Morgan fingerprint density at radius 3 is 2.76 bits per heavy atom. The number of hydrogen-bond acceptors (Lipinski definition) is 8. The minimum atomic E-state index is -0.160. The molecule has 33 heavy (non-hydrogen) atoms. The van der Waals surface area contributed by atoms with Crippen molar-refractivity contribution < 1.29 is 9.47 Å². The molecule has 0 saturated carbocycles. The van der Waals surface area contributed by atoms with Gasteiger partial charge in [0.25, 0.3) is 0 Å². The Morgan fingerprint density at radius 1 is 1.15 bits per heavy atom. The molecule has 1 unspecified atom stereocenters. The molecule has 0 spiro atoms. The van der Waals surface area contributed by atoms with E-state index in [4.69, 9.17) is 14.5 Å². The highest BCUT2D eigenvalue weighted by Gasteiger charge is 2.31. The number of hydrogen-bond donors (Lipinski definition) is 0. The molecule has 2 aliphatic rings. The lowest BCUT2D eigenvalue weighted by molar-refractivity contribution is -0.0347. The molecule has 8 heteroatoms. The van der Waals surface area contributed by atoms with Gasteiger partial charge in [0.15, 0.2) is 0 Å². The summed E-state index contributed by atoms with van der Waals surface area (Å²) in [5, 5.41) is 0. The molecule has 0 aliphatic carbocycles. The van der Waals surface area contributed by atoms with Crippen molar-refractivity contribution in [1.82, 2.24) is 24.8 Å². The second-order valence-corrected chi connectivity index (χ2v) is 9.57. The highest BCUT2D eigenvalue weighted by molar-refractivity contribution is 5.64. The number of nitrogens with zero attached hydrogens (tertiary/aromatic N) is 6. The number of aromatic nitrogens is 4. The van der Waals surface area contributed by atoms with Crippen molar-refractivity contribution in [3.05, 3.63) is 59.9 Å². The lowest BCUT2D eigenvalue weighted by Crippen LogP contribution is -2.38. The number of rotatable bonds is 5. The second kappa shape index (κ2) is 8.68. The van der Waals surface area contributed by atoms with E-state index in [9.17, 15) is 0 Å². The quantitative estimate of drug-likeness (QED) is 0.591. The Bertz CT molecular complexity index is 1130. The molecule has 1 saturated heterocycles. The maximum atomic E-state index is 6.22. The number of ether oxygens (including phenoxy) is 2. The molecule has 5 rings (SSSR count). The zero-order chi connectivity index (χ0) is 23.0. The molecule has 2 aliphatic heterocycles. The summed E-state index contributed by atoms with van der Waals surface area (Å²) in [5.41, 5.74) is 5.13. The van der Waals surface area contributed by atoms with Crippen LogP contribution in [0.15, 0.2) is 43.1 Å². The molecule has 3 aromatic rings. The third-order valence-corrected chi connectivity index (χ3v) is 6.07. The fourth-order valence-electron chi connectivity index (χ4n) is 4.54. The molecule has 1 aromatic carbocycles. The Morgan fingerprint density at radius 2 is 1.97 bits per heavy atom. The molecular formula is C25H30N6O2. The fraction of sp³-hybridized carbons (Fsp3) is 0.440. The number of morpholine rings is 1. The molecule has 0 bridgehead atoms. The summed E-state index contributed by atoms with van der Waals surface area (Å²) in [6, 6.07) is 6.57. The first-order valence-corrected chi connectivity index (χ1v) is 11.3. The lowest BCUT2D eigenvalue weighted by atomic mass is 10.00. The van der Waals surface area contributed by atoms with E-state index in [1.165, 1.54) is 17.5 Å². The van der Waals surface area contributed by atoms with Gasteiger partial charge in [-0.1, -0.05) is 12.1 Å². The van der Waals surface area contributed by atoms with E-state index >= 15 is 0 Å². The third kappa shape index (κ3) is 4.67. The van der Waals surface area contributed by atoms with Crippen molar-refractivity contribution in [2.75, 3.05) is 38.7 Å². The fourth-order valence-corrected chi connectivity index (χ4v) is 4.54. The van der Waals surface area contributed by atoms with E-state index in [-0.39, 0.29) is 11.7 Å². The number of fused-ring (bicyclic) bond motifs is 1. The molecule has 0 radical (unpaired) electrons. The molecule has 1 fully saturated rings. The smallest absolute Gasteiger partial charge is 0.225 e. The SMILES string of the molecule is CN(C)c1ncc(-c2cncnc2)c(C2CN(Cc3ccc4c(c3)CC(C)(C)O4)CCO2)n1. The Hall–Kier alpha value is -3.10. The number of anilines is 1. The first kappa shape index (κ1) is 21.7. The van der Waals surface area contributed by atoms with Crippen LogP contribution in [0.3, 0.4) is 0 Å². The Balaban J connectivity index is 1.38. The van der Waals surface area contributed by atoms with Crippen LogP contribution >= 0.6 is 0 Å². The molecule has 172 valence electrons. The largest absolute Gasteiger partial charge is 0.487 e. The van der Waals surface area contributed by atoms with E-state index in [1.807, 2.05) is 25.2 Å². The second-order valence-electron chi connectivity index (χ2n) is 9.57. The third-order valence-electron chi connectivity index (χ3n) is 6.07. The zero-order valence-corrected chi connectivity index (χ0v) is 19.7. The Kier molecular flexibility index (Phi) is 5.72. The topological polar surface area (TPSA) is 76.5 Å². The monoisotopic (exact) mass is 446 g/mol. The van der Waals surface area contributed by atoms with Gasteiger partial charge in [-0.3, -0.25) is 4.90 Å². The first-order valence-electron chi connectivity index (χ1n) is 11.3. The standard InChI is InChI=1S/C25H30N6O2/c1-25(2)10-18-9-17(5-6-21(18)33-25)14-31-7-8-32-22(15-31)23-20(19-11-26-16-27-12-19)13-28-24(29-23)30(3)4/h5-6,9,11-13,16,22H,7-8,10,14-15H2,1-4H3. The highest BCUT2D eigenvalue weighted by atomic mass is 16.5. The average molecular weight is 447 g/mol. The average Bonchev–Trinajstić information content (AvgIpc) is 3.12. The Labute approximate surface area is 194 Å². The first-order chi connectivity index (χ1) is 15.9. The van der Waals surface area contributed by atoms with Crippen LogP contribution in [0.25, 0.3) is 11.1 Å². The molecule has 8 nitrogen and oxygen atoms in total. The van der Waals surface area contributed by atoms with E-state index in [2.05, 4.69) is 51.9 Å². The van der Waals surface area contributed by atoms with Gasteiger partial charge in [-0.15, -0.1) is 0 Å². The van der Waals surface area contributed by atoms with Gasteiger partial charge in [-0.05, 0) is 31.0 Å². The van der Waals surface area contributed by atoms with Gasteiger partial charge >= 0.3 is 0 Å². The van der Waals surface area contributed by atoms with E-state index in [0.29, 0.717) is 12.6 Å². The molecule has 0 amide bonds. The zero-order valence-electron chi connectivity index (χ0n) is 19.7. The summed E-state index contributed by atoms with van der Waals surface area (Å²) in [7, 11) is 3.88. The van der Waals surface area contributed by atoms with E-state index in [1.54, 1.807) is 12.4 Å². The molecule has 4 heterocycles. The normalized spacial score (nSPS) is 19.7. The van der Waals surface area contributed by atoms with Crippen molar-refractivity contribution in [3.8, 4) is 16.9 Å². The van der Waals surface area contributed by atoms with Crippen LogP contribution in [-0.4, -0.2) is 64.2 Å². The van der Waals surface area contributed by atoms with Crippen LogP contribution in [-0.2, 0) is 17.7 Å². The van der Waals surface area contributed by atoms with Crippen molar-refractivity contribution in [3.63, 3.8) is 0 Å². The highest BCUT2D eigenvalue weighted by Crippen LogP contribution is 2.36. The summed E-state index contributed by atoms with van der Waals surface area (Å²) in [6.07, 6.45) is 7.74. The van der Waals surface area contributed by atoms with Crippen LogP contribution < -0.4 is 9.64 Å². The maximum Gasteiger partial charge on any atom is 0.225 e. The van der Waals surface area contributed by atoms with Crippen molar-refractivity contribution in [1.29, 1.82) is 0 Å². The van der Waals surface area contributed by atoms with Crippen LogP contribution in [0.1, 0.15) is 36.8 Å². The lowest BCUT2D eigenvalue weighted by Gasteiger charge is -2.33. The van der Waals surface area contributed by atoms with Crippen LogP contribution in [0.4, 0.5) is 5.95 Å². The molecule has 2 aromatic heterocycles. The molecular weight excluding hydrogens is 416 g/mol. The van der Waals surface area contributed by atoms with Gasteiger partial charge in [0.2, 0.25) is 5.95 Å². The van der Waals surface area contributed by atoms with Gasteiger partial charge in [0.1, 0.15) is 23.8 Å². The van der Waals surface area contributed by atoms with Gasteiger partial charge in [-0.2, -0.15) is 0 Å². The van der Waals surface area contributed by atoms with E-state index in [0.717, 1.165) is 48.6 Å². The summed E-state index contributed by atoms with van der Waals surface area (Å²) >= 11 is 0. The summed E-state index contributed by atoms with van der Waals surface area (Å²) < 4.78 is 12.3. The molecule has 0 N–H and O–H groups in total. The number of benzene rings is 1. The summed E-state index contributed by atoms with van der Waals surface area (Å²) in [6.45, 7) is 7.42. The van der Waals surface area contributed by atoms with Gasteiger partial charge < -0.3 is 14.4 Å². The van der Waals surface area contributed by atoms with Gasteiger partial charge in [-0.25, -0.2) is 19.9 Å². The van der Waals surface area contributed by atoms with Gasteiger partial charge in [0, 0.05) is 69.9 Å². The van der Waals surface area contributed by atoms with E-state index < -0.39 is 0 Å². The molecule has 1 atom stereocenters. The van der Waals surface area contributed by atoms with Crippen molar-refractivity contribution in [2.45, 2.75) is 38.5 Å². The van der Waals surface area contributed by atoms with Crippen molar-refractivity contribution in [2.24, 2.45) is 0 Å². The van der Waals surface area contributed by atoms with Gasteiger partial charge in [0.05, 0.1) is 12.3 Å². The predicted octanol–water partition coefficient (Wildman–Crippen LogP) is 3.29. The van der Waals surface area contributed by atoms with Crippen LogP contribution in [0.5, 0.6) is 5.75 Å². The summed E-state index contributed by atoms with van der Waals surface area (Å²) in [5.74, 6) is 1.67. The maximum absolute atomic E-state index is 6.22.